The van der Waals surface area contributed by atoms with Crippen molar-refractivity contribution in [3.05, 3.63) is 0 Å². The third-order valence-electron chi connectivity index (χ3n) is 2.65. The molecule has 0 aliphatic heterocycles. The maximum Gasteiger partial charge on any atom is 0.505 e. The number of nitrogens with two attached hydrogens (primary N) is 1. The summed E-state index contributed by atoms with van der Waals surface area (Å²) in [5.41, 5.74) is 5.71. The van der Waals surface area contributed by atoms with Crippen LogP contribution < -0.4 is 11.1 Å². The van der Waals surface area contributed by atoms with Crippen molar-refractivity contribution in [2.45, 2.75) is 39.7 Å². The molecule has 0 radical (unpaired) electrons. The second kappa shape index (κ2) is 10.9. The number of nitrogens with one attached hydrogen (secondary N) is 1. The minimum Gasteiger partial charge on any atom is -0.374 e. The summed E-state index contributed by atoms with van der Waals surface area (Å²) in [4.78, 5) is 0. The predicted octanol–water partition coefficient (Wildman–Crippen LogP) is 1.36. The average Bonchev–Trinajstić information content (AvgIpc) is 2.35. The van der Waals surface area contributed by atoms with Gasteiger partial charge in [-0.1, -0.05) is 6.92 Å². The molecule has 1 unspecified atom stereocenters. The SMILES string of the molecule is CCO[Si](OCC)(OCC)C(C)CNCCCN. The summed E-state index contributed by atoms with van der Waals surface area (Å²) < 4.78 is 17.6. The third-order valence-corrected chi connectivity index (χ3v) is 6.13. The minimum absolute atomic E-state index is 0.245. The van der Waals surface area contributed by atoms with E-state index in [9.17, 15) is 0 Å². The van der Waals surface area contributed by atoms with Crippen molar-refractivity contribution in [2.75, 3.05) is 39.5 Å². The first-order chi connectivity index (χ1) is 8.66. The molecule has 0 amide bonds. The van der Waals surface area contributed by atoms with Crippen LogP contribution in [-0.4, -0.2) is 48.3 Å². The molecule has 3 N–H and O–H groups in total. The molecule has 0 bridgehead atoms. The van der Waals surface area contributed by atoms with Crippen molar-refractivity contribution in [3.8, 4) is 0 Å². The summed E-state index contributed by atoms with van der Waals surface area (Å²) in [6.07, 6.45) is 0.985. The molecular weight excluding hydrogens is 248 g/mol. The maximum absolute atomic E-state index is 5.86. The minimum atomic E-state index is -2.55. The van der Waals surface area contributed by atoms with Crippen LogP contribution in [0.1, 0.15) is 34.1 Å². The van der Waals surface area contributed by atoms with Crippen LogP contribution in [0.25, 0.3) is 0 Å². The first-order valence-electron chi connectivity index (χ1n) is 6.99. The fraction of sp³-hybridized carbons (Fsp3) is 1.00. The van der Waals surface area contributed by atoms with Gasteiger partial charge in [-0.25, -0.2) is 0 Å². The van der Waals surface area contributed by atoms with Crippen LogP contribution in [-0.2, 0) is 13.3 Å². The smallest absolute Gasteiger partial charge is 0.374 e. The fourth-order valence-corrected chi connectivity index (χ4v) is 4.53. The fourth-order valence-electron chi connectivity index (χ4n) is 1.83. The van der Waals surface area contributed by atoms with Crippen molar-refractivity contribution in [1.82, 2.24) is 5.32 Å². The summed E-state index contributed by atoms with van der Waals surface area (Å²) >= 11 is 0. The molecule has 5 nitrogen and oxygen atoms in total. The highest BCUT2D eigenvalue weighted by Crippen LogP contribution is 2.25. The summed E-state index contributed by atoms with van der Waals surface area (Å²) in [5, 5.41) is 3.38. The van der Waals surface area contributed by atoms with E-state index >= 15 is 0 Å². The first kappa shape index (κ1) is 18.0. The van der Waals surface area contributed by atoms with Gasteiger partial charge in [0, 0.05) is 31.9 Å². The van der Waals surface area contributed by atoms with Gasteiger partial charge in [0.2, 0.25) is 0 Å². The molecule has 0 aromatic rings. The van der Waals surface area contributed by atoms with E-state index < -0.39 is 8.80 Å². The summed E-state index contributed by atoms with van der Waals surface area (Å²) in [5.74, 6) is 0. The van der Waals surface area contributed by atoms with E-state index in [0.29, 0.717) is 26.4 Å². The normalized spacial score (nSPS) is 13.8. The van der Waals surface area contributed by atoms with Crippen molar-refractivity contribution in [2.24, 2.45) is 5.73 Å². The average molecular weight is 278 g/mol. The lowest BCUT2D eigenvalue weighted by atomic mass is 10.4. The van der Waals surface area contributed by atoms with Crippen molar-refractivity contribution in [1.29, 1.82) is 0 Å². The molecule has 18 heavy (non-hydrogen) atoms. The van der Waals surface area contributed by atoms with E-state index in [0.717, 1.165) is 19.5 Å². The molecule has 0 aromatic carbocycles. The van der Waals surface area contributed by atoms with Crippen LogP contribution >= 0.6 is 0 Å². The predicted molar refractivity (Wildman–Crippen MR) is 76.6 cm³/mol. The number of hydrogen-bond acceptors (Lipinski definition) is 5. The van der Waals surface area contributed by atoms with Crippen LogP contribution in [0, 0.1) is 0 Å². The van der Waals surface area contributed by atoms with Gasteiger partial charge in [0.05, 0.1) is 0 Å². The second-order valence-electron chi connectivity index (χ2n) is 4.15. The zero-order valence-electron chi connectivity index (χ0n) is 12.3. The number of rotatable bonds is 12. The lowest BCUT2D eigenvalue weighted by Gasteiger charge is -2.33. The van der Waals surface area contributed by atoms with Gasteiger partial charge in [-0.2, -0.15) is 0 Å². The lowest BCUT2D eigenvalue weighted by molar-refractivity contribution is 0.0624. The van der Waals surface area contributed by atoms with Crippen LogP contribution in [0.2, 0.25) is 5.54 Å². The zero-order chi connectivity index (χ0) is 13.9. The van der Waals surface area contributed by atoms with E-state index in [1.807, 2.05) is 20.8 Å². The lowest BCUT2D eigenvalue weighted by Crippen LogP contribution is -2.52. The Morgan fingerprint density at radius 3 is 1.94 bits per heavy atom. The molecule has 1 atom stereocenters. The Balaban J connectivity index is 4.39. The Bertz CT molecular complexity index is 179. The first-order valence-corrected chi connectivity index (χ1v) is 8.79. The van der Waals surface area contributed by atoms with E-state index in [-0.39, 0.29) is 5.54 Å². The molecule has 0 spiro atoms. The van der Waals surface area contributed by atoms with E-state index in [1.165, 1.54) is 0 Å². The molecule has 0 saturated carbocycles. The van der Waals surface area contributed by atoms with Gasteiger partial charge < -0.3 is 24.3 Å². The van der Waals surface area contributed by atoms with Crippen molar-refractivity contribution < 1.29 is 13.3 Å². The topological polar surface area (TPSA) is 65.7 Å². The van der Waals surface area contributed by atoms with Crippen LogP contribution in [0.4, 0.5) is 0 Å². The monoisotopic (exact) mass is 278 g/mol. The number of hydrogen-bond donors (Lipinski definition) is 2. The molecule has 0 aromatic heterocycles. The summed E-state index contributed by atoms with van der Waals surface area (Å²) in [7, 11) is -2.55. The van der Waals surface area contributed by atoms with Gasteiger partial charge >= 0.3 is 8.80 Å². The Kier molecular flexibility index (Phi) is 10.9. The van der Waals surface area contributed by atoms with Gasteiger partial charge in [-0.05, 0) is 40.3 Å². The Hall–Kier alpha value is 0.0169. The molecule has 0 saturated heterocycles. The zero-order valence-corrected chi connectivity index (χ0v) is 13.3. The maximum atomic E-state index is 5.86. The molecule has 0 fully saturated rings. The Labute approximate surface area is 113 Å². The van der Waals surface area contributed by atoms with Gasteiger partial charge in [-0.3, -0.25) is 0 Å². The van der Waals surface area contributed by atoms with E-state index in [1.54, 1.807) is 0 Å². The molecule has 0 aliphatic rings. The summed E-state index contributed by atoms with van der Waals surface area (Å²) in [6.45, 7) is 12.4. The van der Waals surface area contributed by atoms with Gasteiger partial charge in [0.1, 0.15) is 0 Å². The molecule has 0 heterocycles. The largest absolute Gasteiger partial charge is 0.505 e. The Morgan fingerprint density at radius 2 is 1.56 bits per heavy atom. The molecule has 6 heteroatoms. The van der Waals surface area contributed by atoms with Crippen LogP contribution in [0.3, 0.4) is 0 Å². The van der Waals surface area contributed by atoms with Crippen LogP contribution in [0.5, 0.6) is 0 Å². The molecular formula is C12H30N2O3Si. The van der Waals surface area contributed by atoms with Crippen LogP contribution in [0.15, 0.2) is 0 Å². The standard InChI is InChI=1S/C12H30N2O3Si/c1-5-15-18(16-6-2,17-7-3)12(4)11-14-10-8-9-13/h12,14H,5-11,13H2,1-4H3. The molecule has 110 valence electrons. The highest BCUT2D eigenvalue weighted by Gasteiger charge is 2.46. The van der Waals surface area contributed by atoms with E-state index in [4.69, 9.17) is 19.0 Å². The Morgan fingerprint density at radius 1 is 1.06 bits per heavy atom. The summed E-state index contributed by atoms with van der Waals surface area (Å²) in [6, 6.07) is 0. The van der Waals surface area contributed by atoms with E-state index in [2.05, 4.69) is 12.2 Å². The third kappa shape index (κ3) is 6.26. The van der Waals surface area contributed by atoms with Gasteiger partial charge in [-0.15, -0.1) is 0 Å². The molecule has 0 rings (SSSR count). The van der Waals surface area contributed by atoms with Gasteiger partial charge in [0.25, 0.3) is 0 Å². The molecule has 0 aliphatic carbocycles. The second-order valence-corrected chi connectivity index (χ2v) is 7.21. The highest BCUT2D eigenvalue weighted by atomic mass is 28.4. The van der Waals surface area contributed by atoms with Gasteiger partial charge in [0.15, 0.2) is 0 Å². The highest BCUT2D eigenvalue weighted by molar-refractivity contribution is 6.62. The quantitative estimate of drug-likeness (QED) is 0.417. The van der Waals surface area contributed by atoms with Crippen molar-refractivity contribution >= 4 is 8.80 Å². The van der Waals surface area contributed by atoms with Crippen molar-refractivity contribution in [3.63, 3.8) is 0 Å².